The maximum absolute atomic E-state index is 13.4. The third-order valence-corrected chi connectivity index (χ3v) is 6.72. The number of aliphatic imine (C=N–C) groups is 1. The molecule has 1 saturated heterocycles. The summed E-state index contributed by atoms with van der Waals surface area (Å²) in [6.45, 7) is 0.386. The van der Waals surface area contributed by atoms with E-state index in [0.29, 0.717) is 27.2 Å². The first-order valence-electron chi connectivity index (χ1n) is 10.6. The Morgan fingerprint density at radius 3 is 2.44 bits per heavy atom. The van der Waals surface area contributed by atoms with Gasteiger partial charge in [-0.1, -0.05) is 72.3 Å². The molecular weight excluding hydrogens is 462 g/mol. The van der Waals surface area contributed by atoms with Crippen LogP contribution in [0.3, 0.4) is 0 Å². The molecule has 0 saturated carbocycles. The Hall–Kier alpha value is -3.85. The van der Waals surface area contributed by atoms with Crippen LogP contribution in [0.25, 0.3) is 16.8 Å². The van der Waals surface area contributed by atoms with E-state index in [2.05, 4.69) is 6.07 Å². The number of hydrogen-bond donors (Lipinski definition) is 0. The van der Waals surface area contributed by atoms with Crippen molar-refractivity contribution in [2.75, 3.05) is 0 Å². The largest absolute Gasteiger partial charge is 0.282 e. The van der Waals surface area contributed by atoms with E-state index >= 15 is 0 Å². The maximum Gasteiger partial charge on any atom is 0.267 e. The highest BCUT2D eigenvalue weighted by atomic mass is 35.5. The standard InChI is InChI=1S/C28H18ClN3OS/c29-23-14-12-21(13-15-23)18-32-27(33)26(16-19-8-10-20(17-30)11-9-19)34-28(32)31-25-7-3-5-22-4-1-2-6-24(22)25/h1-16H,18H2/b26-16+,31-28?. The molecule has 0 radical (unpaired) electrons. The van der Waals surface area contributed by atoms with Crippen LogP contribution in [0.4, 0.5) is 5.69 Å². The first-order chi connectivity index (χ1) is 16.6. The topological polar surface area (TPSA) is 56.5 Å². The van der Waals surface area contributed by atoms with Crippen molar-refractivity contribution in [3.8, 4) is 6.07 Å². The van der Waals surface area contributed by atoms with Crippen LogP contribution in [-0.2, 0) is 11.3 Å². The van der Waals surface area contributed by atoms with Gasteiger partial charge in [0.2, 0.25) is 0 Å². The zero-order valence-electron chi connectivity index (χ0n) is 18.0. The molecule has 1 amide bonds. The number of amides is 1. The molecule has 0 unspecified atom stereocenters. The van der Waals surface area contributed by atoms with Gasteiger partial charge in [0, 0.05) is 10.4 Å². The fraction of sp³-hybridized carbons (Fsp3) is 0.0357. The van der Waals surface area contributed by atoms with Gasteiger partial charge in [-0.2, -0.15) is 5.26 Å². The number of rotatable bonds is 4. The Kier molecular flexibility index (Phi) is 6.18. The lowest BCUT2D eigenvalue weighted by Gasteiger charge is -2.16. The van der Waals surface area contributed by atoms with Crippen molar-refractivity contribution in [3.05, 3.63) is 118 Å². The van der Waals surface area contributed by atoms with Gasteiger partial charge >= 0.3 is 0 Å². The summed E-state index contributed by atoms with van der Waals surface area (Å²) in [6.07, 6.45) is 1.84. The fourth-order valence-corrected chi connectivity index (χ4v) is 4.83. The van der Waals surface area contributed by atoms with Gasteiger partial charge in [-0.3, -0.25) is 9.69 Å². The summed E-state index contributed by atoms with van der Waals surface area (Å²) in [5.74, 6) is -0.108. The van der Waals surface area contributed by atoms with Gasteiger partial charge in [0.05, 0.1) is 28.8 Å². The van der Waals surface area contributed by atoms with Gasteiger partial charge in [-0.15, -0.1) is 0 Å². The lowest BCUT2D eigenvalue weighted by atomic mass is 10.1. The van der Waals surface area contributed by atoms with Gasteiger partial charge in [0.25, 0.3) is 5.91 Å². The number of halogens is 1. The predicted molar refractivity (Wildman–Crippen MR) is 140 cm³/mol. The van der Waals surface area contributed by atoms with Gasteiger partial charge < -0.3 is 0 Å². The summed E-state index contributed by atoms with van der Waals surface area (Å²) < 4.78 is 0. The van der Waals surface area contributed by atoms with Crippen LogP contribution in [-0.4, -0.2) is 16.0 Å². The van der Waals surface area contributed by atoms with Crippen molar-refractivity contribution in [2.45, 2.75) is 6.54 Å². The molecule has 164 valence electrons. The lowest BCUT2D eigenvalue weighted by molar-refractivity contribution is -0.122. The van der Waals surface area contributed by atoms with Crippen molar-refractivity contribution < 1.29 is 4.79 Å². The molecule has 4 aromatic rings. The Morgan fingerprint density at radius 2 is 1.68 bits per heavy atom. The number of hydrogen-bond acceptors (Lipinski definition) is 4. The molecule has 4 aromatic carbocycles. The van der Waals surface area contributed by atoms with Crippen molar-refractivity contribution >= 4 is 57.0 Å². The highest BCUT2D eigenvalue weighted by molar-refractivity contribution is 8.18. The van der Waals surface area contributed by atoms with Gasteiger partial charge in [0.1, 0.15) is 0 Å². The molecule has 5 rings (SSSR count). The highest BCUT2D eigenvalue weighted by Crippen LogP contribution is 2.36. The van der Waals surface area contributed by atoms with Crippen molar-refractivity contribution in [2.24, 2.45) is 4.99 Å². The van der Waals surface area contributed by atoms with E-state index in [4.69, 9.17) is 21.9 Å². The molecule has 6 heteroatoms. The van der Waals surface area contributed by atoms with E-state index in [1.165, 1.54) is 11.8 Å². The van der Waals surface area contributed by atoms with E-state index < -0.39 is 0 Å². The molecule has 1 aliphatic rings. The van der Waals surface area contributed by atoms with Gasteiger partial charge in [0.15, 0.2) is 5.17 Å². The Balaban J connectivity index is 1.55. The van der Waals surface area contributed by atoms with Crippen molar-refractivity contribution in [1.29, 1.82) is 5.26 Å². The molecular formula is C28H18ClN3OS. The number of nitriles is 1. The zero-order chi connectivity index (χ0) is 23.5. The number of benzene rings is 4. The Labute approximate surface area is 206 Å². The molecule has 4 nitrogen and oxygen atoms in total. The van der Waals surface area contributed by atoms with Crippen LogP contribution in [0, 0.1) is 11.3 Å². The first-order valence-corrected chi connectivity index (χ1v) is 11.8. The minimum absolute atomic E-state index is 0.108. The average Bonchev–Trinajstić information content (AvgIpc) is 3.15. The third-order valence-electron chi connectivity index (χ3n) is 5.46. The number of carbonyl (C=O) groups is 1. The van der Waals surface area contributed by atoms with Crippen LogP contribution in [0.2, 0.25) is 5.02 Å². The summed E-state index contributed by atoms with van der Waals surface area (Å²) in [5.41, 5.74) is 3.21. The second-order valence-corrected chi connectivity index (χ2v) is 9.20. The second-order valence-electron chi connectivity index (χ2n) is 7.75. The monoisotopic (exact) mass is 479 g/mol. The van der Waals surface area contributed by atoms with Crippen LogP contribution < -0.4 is 0 Å². The smallest absolute Gasteiger partial charge is 0.267 e. The van der Waals surface area contributed by atoms with Gasteiger partial charge in [-0.25, -0.2) is 4.99 Å². The number of amidine groups is 1. The molecule has 0 aromatic heterocycles. The molecule has 0 atom stereocenters. The summed E-state index contributed by atoms with van der Waals surface area (Å²) in [4.78, 5) is 20.7. The first kappa shape index (κ1) is 22.0. The van der Waals surface area contributed by atoms with E-state index in [0.717, 1.165) is 27.6 Å². The number of thioether (sulfide) groups is 1. The van der Waals surface area contributed by atoms with Crippen LogP contribution in [0.15, 0.2) is 101 Å². The Morgan fingerprint density at radius 1 is 0.941 bits per heavy atom. The second kappa shape index (κ2) is 9.56. The summed E-state index contributed by atoms with van der Waals surface area (Å²) in [6, 6.07) is 30.8. The zero-order valence-corrected chi connectivity index (χ0v) is 19.6. The molecule has 0 spiro atoms. The quantitative estimate of drug-likeness (QED) is 0.291. The predicted octanol–water partition coefficient (Wildman–Crippen LogP) is 7.17. The van der Waals surface area contributed by atoms with Crippen molar-refractivity contribution in [3.63, 3.8) is 0 Å². The van der Waals surface area contributed by atoms with E-state index in [-0.39, 0.29) is 5.91 Å². The summed E-state index contributed by atoms with van der Waals surface area (Å²) in [7, 11) is 0. The number of nitrogens with zero attached hydrogens (tertiary/aromatic N) is 3. The minimum Gasteiger partial charge on any atom is -0.282 e. The van der Waals surface area contributed by atoms with Crippen molar-refractivity contribution in [1.82, 2.24) is 4.90 Å². The van der Waals surface area contributed by atoms with Crippen LogP contribution in [0.1, 0.15) is 16.7 Å². The Bertz CT molecular complexity index is 1480. The summed E-state index contributed by atoms with van der Waals surface area (Å²) in [5, 5.41) is 12.4. The molecule has 0 N–H and O–H groups in total. The van der Waals surface area contributed by atoms with Crippen LogP contribution in [0.5, 0.6) is 0 Å². The molecule has 1 fully saturated rings. The van der Waals surface area contributed by atoms with E-state index in [1.807, 2.05) is 84.9 Å². The molecule has 34 heavy (non-hydrogen) atoms. The average molecular weight is 480 g/mol. The number of carbonyl (C=O) groups excluding carboxylic acids is 1. The maximum atomic E-state index is 13.4. The van der Waals surface area contributed by atoms with Gasteiger partial charge in [-0.05, 0) is 64.7 Å². The molecule has 0 bridgehead atoms. The number of fused-ring (bicyclic) bond motifs is 1. The molecule has 0 aliphatic carbocycles. The molecule has 1 aliphatic heterocycles. The third kappa shape index (κ3) is 4.60. The van der Waals surface area contributed by atoms with Crippen LogP contribution >= 0.6 is 23.4 Å². The SMILES string of the molecule is N#Cc1ccc(/C=C2/SC(=Nc3cccc4ccccc34)N(Cc3ccc(Cl)cc3)C2=O)cc1. The van der Waals surface area contributed by atoms with E-state index in [1.54, 1.807) is 17.0 Å². The minimum atomic E-state index is -0.108. The fourth-order valence-electron chi connectivity index (χ4n) is 3.72. The normalized spacial score (nSPS) is 15.9. The molecule has 1 heterocycles. The van der Waals surface area contributed by atoms with E-state index in [9.17, 15) is 4.79 Å². The highest BCUT2D eigenvalue weighted by Gasteiger charge is 2.33. The summed E-state index contributed by atoms with van der Waals surface area (Å²) >= 11 is 7.40. The lowest BCUT2D eigenvalue weighted by Crippen LogP contribution is -2.28.